The van der Waals surface area contributed by atoms with Crippen molar-refractivity contribution in [2.45, 2.75) is 123 Å². The molecule has 376 valence electrons. The first-order chi connectivity index (χ1) is 31.5. The monoisotopic (exact) mass is 954 g/mol. The average molecular weight is 955 g/mol. The van der Waals surface area contributed by atoms with Crippen LogP contribution in [0.15, 0.2) is 20.1 Å². The topological polar surface area (TPSA) is 398 Å². The summed E-state index contributed by atoms with van der Waals surface area (Å²) < 4.78 is 20.1. The molecule has 0 radical (unpaired) electrons. The number of rotatable bonds is 34. The van der Waals surface area contributed by atoms with Crippen LogP contribution in [0, 0.1) is 0 Å². The van der Waals surface area contributed by atoms with Crippen LogP contribution in [0.25, 0.3) is 0 Å². The Kier molecular flexibility index (Phi) is 30.0. The van der Waals surface area contributed by atoms with Crippen LogP contribution in [-0.4, -0.2) is 156 Å². The van der Waals surface area contributed by atoms with Gasteiger partial charge in [-0.1, -0.05) is 0 Å². The highest BCUT2D eigenvalue weighted by Gasteiger charge is 2.41. The summed E-state index contributed by atoms with van der Waals surface area (Å²) in [4.78, 5) is 134. The summed E-state index contributed by atoms with van der Waals surface area (Å²) in [5.41, 5.74) is 2.45. The number of esters is 4. The van der Waals surface area contributed by atoms with Crippen LogP contribution in [0.5, 0.6) is 0 Å². The molecule has 0 bridgehead atoms. The Morgan fingerprint density at radius 1 is 0.507 bits per heavy atom. The van der Waals surface area contributed by atoms with Crippen molar-refractivity contribution in [1.29, 1.82) is 0 Å². The highest BCUT2D eigenvalue weighted by molar-refractivity contribution is 5.98. The minimum Gasteiger partial charge on any atom is -0.462 e. The number of amides is 4. The lowest BCUT2D eigenvalue weighted by Crippen LogP contribution is -2.53. The zero-order valence-corrected chi connectivity index (χ0v) is 39.0. The number of hydrazine groups is 2. The first kappa shape index (κ1) is 60.6. The van der Waals surface area contributed by atoms with E-state index in [9.17, 15) is 58.2 Å². The lowest BCUT2D eigenvalue weighted by Gasteiger charge is -2.24. The Labute approximate surface area is 387 Å². The van der Waals surface area contributed by atoms with Gasteiger partial charge in [0.15, 0.2) is 22.8 Å². The van der Waals surface area contributed by atoms with E-state index in [1.807, 2.05) is 0 Å². The summed E-state index contributed by atoms with van der Waals surface area (Å²) in [6.07, 6.45) is -2.73. The molecule has 0 aromatic heterocycles. The smallest absolute Gasteiger partial charge is 0.306 e. The van der Waals surface area contributed by atoms with Gasteiger partial charge in [0.25, 0.3) is 11.8 Å². The van der Waals surface area contributed by atoms with Gasteiger partial charge in [-0.15, -0.1) is 0 Å². The summed E-state index contributed by atoms with van der Waals surface area (Å²) in [6, 6.07) is 0. The Morgan fingerprint density at radius 3 is 1.21 bits per heavy atom. The molecular formula is C41H66N10O16. The van der Waals surface area contributed by atoms with E-state index >= 15 is 0 Å². The van der Waals surface area contributed by atoms with E-state index in [2.05, 4.69) is 30.8 Å². The summed E-state index contributed by atoms with van der Waals surface area (Å²) in [6.45, 7) is 6.46. The lowest BCUT2D eigenvalue weighted by atomic mass is 9.90. The van der Waals surface area contributed by atoms with Gasteiger partial charge in [0.2, 0.25) is 11.8 Å². The second-order valence-corrected chi connectivity index (χ2v) is 15.1. The van der Waals surface area contributed by atoms with Gasteiger partial charge in [-0.2, -0.15) is 5.10 Å². The fourth-order valence-corrected chi connectivity index (χ4v) is 5.28. The number of ketones is 2. The number of Topliss-reactive ketones (excluding diaryl/α,β-unsaturated/α-hetero) is 2. The lowest BCUT2D eigenvalue weighted by molar-refractivity contribution is -0.152. The molecule has 67 heavy (non-hydrogen) atoms. The van der Waals surface area contributed by atoms with Crippen molar-refractivity contribution in [2.24, 2.45) is 31.8 Å². The number of carbonyl (C=O) groups is 10. The zero-order valence-electron chi connectivity index (χ0n) is 39.0. The predicted molar refractivity (Wildman–Crippen MR) is 239 cm³/mol. The van der Waals surface area contributed by atoms with Crippen LogP contribution >= 0.6 is 0 Å². The molecule has 0 fully saturated rings. The van der Waals surface area contributed by atoms with E-state index in [-0.39, 0.29) is 83.6 Å². The number of aliphatic hydroxyl groups is 2. The zero-order chi connectivity index (χ0) is 51.0. The van der Waals surface area contributed by atoms with Gasteiger partial charge in [-0.25, -0.2) is 17.1 Å². The Balaban J connectivity index is 4.69. The molecule has 2 atom stereocenters. The SMILES string of the molecule is CCNC(=O)CC(O)(CC(=O)N/N=C(\C)CCC(=O)OCCOC(=O)CCC(C)=NCC(=O)CC(O)(CC(=O)CN=C(C)CCC(=O)OCCOC(=O)CCC(C)=NC)C(=O)NN)C(=O)NN. The summed E-state index contributed by atoms with van der Waals surface area (Å²) in [5.74, 6) is 2.54. The molecule has 0 heterocycles. The number of hydrazone groups is 1. The third kappa shape index (κ3) is 28.3. The van der Waals surface area contributed by atoms with Crippen LogP contribution in [0.2, 0.25) is 0 Å². The van der Waals surface area contributed by atoms with Crippen molar-refractivity contribution >= 4 is 81.9 Å². The van der Waals surface area contributed by atoms with Crippen molar-refractivity contribution in [1.82, 2.24) is 21.6 Å². The van der Waals surface area contributed by atoms with Crippen LogP contribution < -0.4 is 33.3 Å². The van der Waals surface area contributed by atoms with Gasteiger partial charge in [0.1, 0.15) is 26.4 Å². The number of hydrogen-bond acceptors (Lipinski definition) is 22. The van der Waals surface area contributed by atoms with E-state index in [1.54, 1.807) is 38.7 Å². The summed E-state index contributed by atoms with van der Waals surface area (Å²) >= 11 is 0. The van der Waals surface area contributed by atoms with Gasteiger partial charge in [0, 0.05) is 49.3 Å². The quantitative estimate of drug-likeness (QED) is 0.00662. The molecule has 0 saturated carbocycles. The molecule has 0 aliphatic rings. The van der Waals surface area contributed by atoms with E-state index in [0.29, 0.717) is 17.8 Å². The number of nitrogens with two attached hydrogens (primary N) is 2. The van der Waals surface area contributed by atoms with Gasteiger partial charge in [-0.3, -0.25) is 73.8 Å². The molecule has 4 amide bonds. The molecule has 0 rings (SSSR count). The number of aliphatic imine (C=N–C) groups is 3. The van der Waals surface area contributed by atoms with E-state index in [0.717, 1.165) is 5.71 Å². The van der Waals surface area contributed by atoms with Crippen LogP contribution in [0.3, 0.4) is 0 Å². The molecule has 10 N–H and O–H groups in total. The number of nitrogens with zero attached hydrogens (tertiary/aromatic N) is 4. The van der Waals surface area contributed by atoms with Crippen LogP contribution in [-0.2, 0) is 66.9 Å². The highest BCUT2D eigenvalue weighted by Crippen LogP contribution is 2.18. The standard InChI is InChI=1S/C41H66N10O16/c1-7-45-32(54)22-41(63,39(61)49-43)23-33(55)51-50-29(5)11-15-37(59)67-19-18-66-36(58)14-10-28(4)47-25-31(53)21-40(62,38(60)48-42)20-30(52)24-46-27(3)9-13-35(57)65-17-16-64-34(56)12-8-26(2)44-6/h62-63H,7-25,42-43H2,1-6H3,(H,45,54)(H,48,60)(H,49,61)(H,51,55)/b44-26?,46-27?,47-28?,50-29+. The Hall–Kier alpha value is -6.38. The average Bonchev–Trinajstić information content (AvgIpc) is 3.28. The van der Waals surface area contributed by atoms with Crippen LogP contribution in [0.1, 0.15) is 112 Å². The fraction of sp³-hybridized carbons (Fsp3) is 0.659. The highest BCUT2D eigenvalue weighted by atomic mass is 16.6. The van der Waals surface area contributed by atoms with E-state index in [1.165, 1.54) is 13.8 Å². The minimum atomic E-state index is -2.51. The van der Waals surface area contributed by atoms with Gasteiger partial charge in [-0.05, 0) is 60.3 Å². The fourth-order valence-electron chi connectivity index (χ4n) is 5.28. The second-order valence-electron chi connectivity index (χ2n) is 15.1. The maximum absolute atomic E-state index is 12.7. The first-order valence-electron chi connectivity index (χ1n) is 21.2. The molecule has 0 aliphatic carbocycles. The largest absolute Gasteiger partial charge is 0.462 e. The molecular weight excluding hydrogens is 889 g/mol. The third-order valence-electron chi connectivity index (χ3n) is 9.15. The predicted octanol–water partition coefficient (Wildman–Crippen LogP) is -1.94. The molecule has 2 unspecified atom stereocenters. The second kappa shape index (κ2) is 33.1. The molecule has 0 aliphatic heterocycles. The van der Waals surface area contributed by atoms with Crippen molar-refractivity contribution in [2.75, 3.05) is 53.1 Å². The van der Waals surface area contributed by atoms with Crippen molar-refractivity contribution in [3.63, 3.8) is 0 Å². The van der Waals surface area contributed by atoms with Crippen molar-refractivity contribution in [3.8, 4) is 0 Å². The van der Waals surface area contributed by atoms with Crippen molar-refractivity contribution < 1.29 is 77.1 Å². The van der Waals surface area contributed by atoms with E-state index < -0.39 is 109 Å². The molecule has 26 nitrogen and oxygen atoms in total. The molecule has 0 aromatic carbocycles. The summed E-state index contributed by atoms with van der Waals surface area (Å²) in [7, 11) is 1.62. The van der Waals surface area contributed by atoms with Crippen molar-refractivity contribution in [3.05, 3.63) is 0 Å². The number of nitrogens with one attached hydrogen (secondary N) is 4. The molecule has 0 spiro atoms. The normalized spacial score (nSPS) is 13.8. The summed E-state index contributed by atoms with van der Waals surface area (Å²) in [5, 5.41) is 27.7. The maximum Gasteiger partial charge on any atom is 0.306 e. The molecule has 26 heteroatoms. The number of ether oxygens (including phenoxy) is 4. The number of carbonyl (C=O) groups excluding carboxylic acids is 10. The molecule has 0 aromatic rings. The maximum atomic E-state index is 12.7. The first-order valence-corrected chi connectivity index (χ1v) is 21.2. The van der Waals surface area contributed by atoms with Crippen LogP contribution in [0.4, 0.5) is 0 Å². The Morgan fingerprint density at radius 2 is 0.851 bits per heavy atom. The van der Waals surface area contributed by atoms with E-state index in [4.69, 9.17) is 30.6 Å². The Bertz CT molecular complexity index is 1870. The minimum absolute atomic E-state index is 0.0448. The van der Waals surface area contributed by atoms with Gasteiger partial charge in [0.05, 0.1) is 51.6 Å². The number of hydrogen-bond donors (Lipinski definition) is 8. The van der Waals surface area contributed by atoms with Gasteiger partial charge < -0.3 is 34.5 Å². The molecule has 0 saturated heterocycles. The van der Waals surface area contributed by atoms with Gasteiger partial charge >= 0.3 is 23.9 Å². The third-order valence-corrected chi connectivity index (χ3v) is 9.15.